The Morgan fingerprint density at radius 3 is 2.53 bits per heavy atom. The Morgan fingerprint density at radius 1 is 1.12 bits per heavy atom. The van der Waals surface area contributed by atoms with Gasteiger partial charge in [-0.15, -0.1) is 0 Å². The molecule has 0 amide bonds. The second-order valence-electron chi connectivity index (χ2n) is 3.44. The fourth-order valence-corrected chi connectivity index (χ4v) is 1.48. The van der Waals surface area contributed by atoms with Gasteiger partial charge in [0.25, 0.3) is 0 Å². The van der Waals surface area contributed by atoms with Crippen LogP contribution in [0.2, 0.25) is 5.02 Å². The first-order valence-electron chi connectivity index (χ1n) is 4.93. The first kappa shape index (κ1) is 11.6. The molecule has 0 saturated heterocycles. The average molecular weight is 250 g/mol. The maximum atomic E-state index is 12.7. The summed E-state index contributed by atoms with van der Waals surface area (Å²) in [7, 11) is 0. The van der Waals surface area contributed by atoms with Crippen LogP contribution in [-0.4, -0.2) is 11.3 Å². The summed E-state index contributed by atoms with van der Waals surface area (Å²) in [5.41, 5.74) is 1.12. The molecule has 0 aliphatic carbocycles. The van der Waals surface area contributed by atoms with Crippen LogP contribution in [0.5, 0.6) is 5.75 Å². The van der Waals surface area contributed by atoms with Crippen LogP contribution in [0.25, 0.3) is 0 Å². The van der Waals surface area contributed by atoms with E-state index < -0.39 is 0 Å². The molecule has 4 heteroatoms. The second kappa shape index (κ2) is 4.97. The number of benzene rings is 2. The molecule has 0 bridgehead atoms. The van der Waals surface area contributed by atoms with Crippen molar-refractivity contribution in [2.45, 2.75) is 0 Å². The van der Waals surface area contributed by atoms with Gasteiger partial charge in [-0.2, -0.15) is 0 Å². The normalized spacial score (nSPS) is 10.9. The van der Waals surface area contributed by atoms with E-state index in [4.69, 9.17) is 11.6 Å². The van der Waals surface area contributed by atoms with E-state index in [0.717, 1.165) is 0 Å². The van der Waals surface area contributed by atoms with E-state index in [1.165, 1.54) is 24.4 Å². The Balaban J connectivity index is 2.25. The van der Waals surface area contributed by atoms with Gasteiger partial charge in [-0.25, -0.2) is 4.39 Å². The molecule has 86 valence electrons. The van der Waals surface area contributed by atoms with Crippen molar-refractivity contribution >= 4 is 23.5 Å². The maximum absolute atomic E-state index is 12.7. The Morgan fingerprint density at radius 2 is 1.82 bits per heavy atom. The molecule has 0 aliphatic rings. The van der Waals surface area contributed by atoms with Crippen molar-refractivity contribution in [3.05, 3.63) is 58.9 Å². The molecule has 0 saturated carbocycles. The van der Waals surface area contributed by atoms with Crippen LogP contribution in [-0.2, 0) is 0 Å². The van der Waals surface area contributed by atoms with Gasteiger partial charge in [0, 0.05) is 16.8 Å². The number of hydrogen-bond donors (Lipinski definition) is 1. The van der Waals surface area contributed by atoms with Crippen molar-refractivity contribution in [1.82, 2.24) is 0 Å². The van der Waals surface area contributed by atoms with Gasteiger partial charge in [0.2, 0.25) is 0 Å². The lowest BCUT2D eigenvalue weighted by Gasteiger charge is -1.99. The predicted octanol–water partition coefficient (Wildman–Crippen LogP) is 3.94. The van der Waals surface area contributed by atoms with Crippen LogP contribution in [0.4, 0.5) is 10.1 Å². The van der Waals surface area contributed by atoms with E-state index in [0.29, 0.717) is 16.3 Å². The second-order valence-corrected chi connectivity index (χ2v) is 3.87. The fraction of sp³-hybridized carbons (Fsp3) is 0. The molecule has 17 heavy (non-hydrogen) atoms. The minimum atomic E-state index is -0.311. The lowest BCUT2D eigenvalue weighted by Crippen LogP contribution is -1.82. The quantitative estimate of drug-likeness (QED) is 0.804. The lowest BCUT2D eigenvalue weighted by atomic mass is 10.2. The molecule has 0 heterocycles. The number of rotatable bonds is 2. The van der Waals surface area contributed by atoms with E-state index in [2.05, 4.69) is 4.99 Å². The van der Waals surface area contributed by atoms with E-state index in [9.17, 15) is 9.50 Å². The summed E-state index contributed by atoms with van der Waals surface area (Å²) in [6.07, 6.45) is 1.48. The van der Waals surface area contributed by atoms with Gasteiger partial charge in [-0.05, 0) is 42.5 Å². The van der Waals surface area contributed by atoms with Gasteiger partial charge < -0.3 is 5.11 Å². The third-order valence-electron chi connectivity index (χ3n) is 2.17. The molecular formula is C13H9ClFNO. The zero-order valence-corrected chi connectivity index (χ0v) is 9.53. The molecule has 0 spiro atoms. The third kappa shape index (κ3) is 3.04. The molecule has 2 aromatic carbocycles. The molecule has 0 aromatic heterocycles. The summed E-state index contributed by atoms with van der Waals surface area (Å²) < 4.78 is 12.7. The van der Waals surface area contributed by atoms with Crippen LogP contribution in [0.15, 0.2) is 47.5 Å². The summed E-state index contributed by atoms with van der Waals surface area (Å²) in [6.45, 7) is 0. The van der Waals surface area contributed by atoms with Crippen LogP contribution >= 0.6 is 11.6 Å². The highest BCUT2D eigenvalue weighted by Crippen LogP contribution is 2.21. The molecule has 1 N–H and O–H groups in total. The Kier molecular flexibility index (Phi) is 3.40. The number of nitrogens with zero attached hydrogens (tertiary/aromatic N) is 1. The first-order chi connectivity index (χ1) is 8.15. The summed E-state index contributed by atoms with van der Waals surface area (Å²) >= 11 is 5.80. The number of halogens is 2. The third-order valence-corrected chi connectivity index (χ3v) is 2.40. The average Bonchev–Trinajstić information content (AvgIpc) is 2.32. The minimum absolute atomic E-state index is 0.0975. The zero-order chi connectivity index (χ0) is 12.3. The number of aliphatic imine (C=N–C) groups is 1. The van der Waals surface area contributed by atoms with Crippen molar-refractivity contribution < 1.29 is 9.50 Å². The van der Waals surface area contributed by atoms with Crippen LogP contribution in [0.3, 0.4) is 0 Å². The molecule has 0 unspecified atom stereocenters. The van der Waals surface area contributed by atoms with Gasteiger partial charge in [-0.1, -0.05) is 11.6 Å². The Bertz CT molecular complexity index is 552. The van der Waals surface area contributed by atoms with E-state index in [1.807, 2.05) is 0 Å². The minimum Gasteiger partial charge on any atom is -0.507 e. The summed E-state index contributed by atoms with van der Waals surface area (Å²) in [6, 6.07) is 10.4. The molecule has 0 fully saturated rings. The highest BCUT2D eigenvalue weighted by molar-refractivity contribution is 6.30. The SMILES string of the molecule is Oc1ccc(Cl)cc1C=Nc1ccc(F)cc1. The predicted molar refractivity (Wildman–Crippen MR) is 66.8 cm³/mol. The van der Waals surface area contributed by atoms with Gasteiger partial charge in [0.05, 0.1) is 5.69 Å². The van der Waals surface area contributed by atoms with Crippen molar-refractivity contribution in [1.29, 1.82) is 0 Å². The van der Waals surface area contributed by atoms with E-state index in [1.54, 1.807) is 24.3 Å². The van der Waals surface area contributed by atoms with Crippen LogP contribution < -0.4 is 0 Å². The summed E-state index contributed by atoms with van der Waals surface area (Å²) in [4.78, 5) is 4.11. The highest BCUT2D eigenvalue weighted by atomic mass is 35.5. The summed E-state index contributed by atoms with van der Waals surface area (Å²) in [5, 5.41) is 10.1. The van der Waals surface area contributed by atoms with Gasteiger partial charge in [-0.3, -0.25) is 4.99 Å². The number of hydrogen-bond acceptors (Lipinski definition) is 2. The lowest BCUT2D eigenvalue weighted by molar-refractivity contribution is 0.474. The van der Waals surface area contributed by atoms with Crippen LogP contribution in [0, 0.1) is 5.82 Å². The van der Waals surface area contributed by atoms with Crippen LogP contribution in [0.1, 0.15) is 5.56 Å². The topological polar surface area (TPSA) is 32.6 Å². The largest absolute Gasteiger partial charge is 0.507 e. The van der Waals surface area contributed by atoms with E-state index in [-0.39, 0.29) is 11.6 Å². The van der Waals surface area contributed by atoms with Crippen molar-refractivity contribution in [3.8, 4) is 5.75 Å². The molecule has 0 radical (unpaired) electrons. The molecular weight excluding hydrogens is 241 g/mol. The fourth-order valence-electron chi connectivity index (χ4n) is 1.30. The maximum Gasteiger partial charge on any atom is 0.124 e. The molecule has 0 atom stereocenters. The molecule has 2 aromatic rings. The standard InChI is InChI=1S/C13H9ClFNO/c14-10-1-6-13(17)9(7-10)8-16-12-4-2-11(15)3-5-12/h1-8,17H. The number of phenols is 1. The highest BCUT2D eigenvalue weighted by Gasteiger charge is 1.98. The van der Waals surface area contributed by atoms with Gasteiger partial charge >= 0.3 is 0 Å². The van der Waals surface area contributed by atoms with Gasteiger partial charge in [0.1, 0.15) is 11.6 Å². The van der Waals surface area contributed by atoms with Gasteiger partial charge in [0.15, 0.2) is 0 Å². The molecule has 2 nitrogen and oxygen atoms in total. The number of aromatic hydroxyl groups is 1. The Labute approximate surface area is 103 Å². The summed E-state index contributed by atoms with van der Waals surface area (Å²) in [5.74, 6) is -0.213. The first-order valence-corrected chi connectivity index (χ1v) is 5.31. The number of phenolic OH excluding ortho intramolecular Hbond substituents is 1. The van der Waals surface area contributed by atoms with E-state index >= 15 is 0 Å². The Hall–Kier alpha value is -1.87. The smallest absolute Gasteiger partial charge is 0.124 e. The van der Waals surface area contributed by atoms with Crippen molar-refractivity contribution in [2.24, 2.45) is 4.99 Å². The molecule has 2 rings (SSSR count). The molecule has 0 aliphatic heterocycles. The van der Waals surface area contributed by atoms with Crippen molar-refractivity contribution in [3.63, 3.8) is 0 Å². The monoisotopic (exact) mass is 249 g/mol. The zero-order valence-electron chi connectivity index (χ0n) is 8.77. The van der Waals surface area contributed by atoms with Crippen molar-refractivity contribution in [2.75, 3.05) is 0 Å².